The summed E-state index contributed by atoms with van der Waals surface area (Å²) in [7, 11) is 0. The highest BCUT2D eigenvalue weighted by Crippen LogP contribution is 2.33. The van der Waals surface area contributed by atoms with Gasteiger partial charge in [0.15, 0.2) is 5.69 Å². The van der Waals surface area contributed by atoms with Gasteiger partial charge in [-0.25, -0.2) is 4.68 Å². The number of anilines is 1. The van der Waals surface area contributed by atoms with Gasteiger partial charge in [-0.05, 0) is 37.3 Å². The number of rotatable bonds is 2. The van der Waals surface area contributed by atoms with Crippen molar-refractivity contribution in [1.82, 2.24) is 9.78 Å². The maximum atomic E-state index is 13.0. The highest BCUT2D eigenvalue weighted by atomic mass is 32.1. The van der Waals surface area contributed by atoms with E-state index in [1.807, 2.05) is 19.1 Å². The molecule has 0 aliphatic heterocycles. The Morgan fingerprint density at radius 1 is 1.00 bits per heavy atom. The van der Waals surface area contributed by atoms with Crippen LogP contribution in [0.1, 0.15) is 11.3 Å². The number of hydrogen-bond donors (Lipinski definition) is 1. The minimum absolute atomic E-state index is 0.377. The van der Waals surface area contributed by atoms with Gasteiger partial charge >= 0.3 is 17.7 Å². The fraction of sp³-hybridized carbons (Fsp3) is 0.118. The predicted molar refractivity (Wildman–Crippen MR) is 92.1 cm³/mol. The molecule has 0 saturated carbocycles. The summed E-state index contributed by atoms with van der Waals surface area (Å²) < 4.78 is 57.0. The smallest absolute Gasteiger partial charge is 0.399 e. The van der Waals surface area contributed by atoms with E-state index in [4.69, 9.17) is 14.2 Å². The van der Waals surface area contributed by atoms with Gasteiger partial charge in [-0.3, -0.25) is 0 Å². The van der Waals surface area contributed by atoms with Crippen LogP contribution in [0.4, 0.5) is 18.9 Å². The van der Waals surface area contributed by atoms with Gasteiger partial charge < -0.3 is 5.73 Å². The first-order valence-corrected chi connectivity index (χ1v) is 7.95. The molecule has 0 radical (unpaired) electrons. The summed E-state index contributed by atoms with van der Waals surface area (Å²) in [6, 6.07) is 14.8. The lowest BCUT2D eigenvalue weighted by Crippen LogP contribution is -2.07. The molecule has 5 nitrogen and oxygen atoms in total. The predicted octanol–water partition coefficient (Wildman–Crippen LogP) is 3.78. The first kappa shape index (κ1) is 19.4. The van der Waals surface area contributed by atoms with Gasteiger partial charge in [0.1, 0.15) is 0 Å². The van der Waals surface area contributed by atoms with Crippen LogP contribution in [0.3, 0.4) is 0 Å². The third kappa shape index (κ3) is 4.57. The van der Waals surface area contributed by atoms with Gasteiger partial charge in [-0.2, -0.15) is 26.7 Å². The molecule has 0 bridgehead atoms. The van der Waals surface area contributed by atoms with E-state index in [2.05, 4.69) is 5.10 Å². The molecule has 0 amide bonds. The van der Waals surface area contributed by atoms with Crippen molar-refractivity contribution in [2.45, 2.75) is 13.1 Å². The summed E-state index contributed by atoms with van der Waals surface area (Å²) in [4.78, 5) is 0. The summed E-state index contributed by atoms with van der Waals surface area (Å²) in [5.74, 6) is 0. The van der Waals surface area contributed by atoms with Gasteiger partial charge in [0.2, 0.25) is 0 Å². The molecule has 3 aromatic rings. The Morgan fingerprint density at radius 3 is 2.04 bits per heavy atom. The maximum Gasteiger partial charge on any atom is 0.435 e. The van der Waals surface area contributed by atoms with Crippen LogP contribution in [0.2, 0.25) is 0 Å². The quantitative estimate of drug-likeness (QED) is 0.686. The summed E-state index contributed by atoms with van der Waals surface area (Å²) in [5, 5.41) is 3.73. The molecule has 9 heteroatoms. The van der Waals surface area contributed by atoms with Crippen molar-refractivity contribution in [3.05, 3.63) is 65.9 Å². The zero-order chi connectivity index (χ0) is 19.3. The zero-order valence-corrected chi connectivity index (χ0v) is 14.3. The van der Waals surface area contributed by atoms with E-state index >= 15 is 0 Å². The summed E-state index contributed by atoms with van der Waals surface area (Å²) >= 11 is -0.750. The minimum Gasteiger partial charge on any atom is -0.399 e. The molecule has 2 N–H and O–H groups in total. The fourth-order valence-corrected chi connectivity index (χ4v) is 2.26. The third-order valence-corrected chi connectivity index (χ3v) is 3.48. The topological polar surface area (TPSA) is 78.0 Å². The van der Waals surface area contributed by atoms with E-state index in [1.54, 1.807) is 36.4 Å². The lowest BCUT2D eigenvalue weighted by molar-refractivity contribution is -0.141. The van der Waals surface area contributed by atoms with Gasteiger partial charge in [-0.15, -0.1) is 0 Å². The van der Waals surface area contributed by atoms with Crippen LogP contribution in [-0.4, -0.2) is 18.2 Å². The summed E-state index contributed by atoms with van der Waals surface area (Å²) in [6.45, 7) is 1.92. The standard InChI is InChI=1S/C17H14F3N3.O2S/c1-11-2-4-12(5-3-11)15-10-16(17(18,19)20)22-23(15)14-8-6-13(21)7-9-14;1-3-2/h2-10H,21H2,1H3;. The second-order valence-corrected chi connectivity index (χ2v) is 5.49. The Bertz CT molecular complexity index is 851. The van der Waals surface area contributed by atoms with Gasteiger partial charge in [0, 0.05) is 11.3 Å². The van der Waals surface area contributed by atoms with Gasteiger partial charge in [-0.1, -0.05) is 29.8 Å². The highest BCUT2D eigenvalue weighted by Gasteiger charge is 2.35. The SMILES string of the molecule is Cc1ccc(-c2cc(C(F)(F)F)nn2-c2ccc(N)cc2)cc1.O=S=O. The van der Waals surface area contributed by atoms with Crippen LogP contribution in [0.5, 0.6) is 0 Å². The average Bonchev–Trinajstić information content (AvgIpc) is 3.02. The first-order valence-electron chi connectivity index (χ1n) is 7.28. The number of hydrogen-bond acceptors (Lipinski definition) is 4. The molecule has 0 saturated heterocycles. The number of alkyl halides is 3. The third-order valence-electron chi connectivity index (χ3n) is 3.48. The number of nitrogen functional groups attached to an aromatic ring is 1. The van der Waals surface area contributed by atoms with Crippen LogP contribution in [0, 0.1) is 6.92 Å². The lowest BCUT2D eigenvalue weighted by atomic mass is 10.1. The zero-order valence-electron chi connectivity index (χ0n) is 13.5. The van der Waals surface area contributed by atoms with Crippen LogP contribution in [-0.2, 0) is 17.7 Å². The van der Waals surface area contributed by atoms with Crippen molar-refractivity contribution in [2.24, 2.45) is 0 Å². The normalized spacial score (nSPS) is 10.8. The lowest BCUT2D eigenvalue weighted by Gasteiger charge is -2.08. The van der Waals surface area contributed by atoms with E-state index in [0.29, 0.717) is 22.6 Å². The summed E-state index contributed by atoms with van der Waals surface area (Å²) in [6.07, 6.45) is -4.50. The number of nitrogens with two attached hydrogens (primary N) is 1. The molecule has 0 fully saturated rings. The molecule has 1 heterocycles. The molecule has 26 heavy (non-hydrogen) atoms. The van der Waals surface area contributed by atoms with Crippen molar-refractivity contribution in [3.63, 3.8) is 0 Å². The van der Waals surface area contributed by atoms with Crippen molar-refractivity contribution < 1.29 is 21.6 Å². The number of benzene rings is 2. The molecule has 0 spiro atoms. The molecule has 0 aliphatic carbocycles. The first-order chi connectivity index (χ1) is 12.3. The number of halogens is 3. The molecule has 0 aliphatic rings. The Morgan fingerprint density at radius 2 is 1.54 bits per heavy atom. The fourth-order valence-electron chi connectivity index (χ4n) is 2.26. The van der Waals surface area contributed by atoms with Crippen molar-refractivity contribution in [1.29, 1.82) is 0 Å². The molecule has 1 aromatic heterocycles. The molecule has 0 atom stereocenters. The molecule has 136 valence electrons. The van der Waals surface area contributed by atoms with E-state index in [-0.39, 0.29) is 0 Å². The number of aromatic nitrogens is 2. The van der Waals surface area contributed by atoms with Crippen LogP contribution in [0.15, 0.2) is 54.6 Å². The monoisotopic (exact) mass is 381 g/mol. The Balaban J connectivity index is 0.000000758. The Hall–Kier alpha value is -2.94. The van der Waals surface area contributed by atoms with E-state index < -0.39 is 23.4 Å². The molecule has 3 rings (SSSR count). The highest BCUT2D eigenvalue weighted by molar-refractivity contribution is 7.51. The average molecular weight is 381 g/mol. The maximum absolute atomic E-state index is 13.0. The van der Waals surface area contributed by atoms with E-state index in [9.17, 15) is 13.2 Å². The van der Waals surface area contributed by atoms with Gasteiger partial charge in [0.05, 0.1) is 11.4 Å². The molecule has 2 aromatic carbocycles. The van der Waals surface area contributed by atoms with Crippen molar-refractivity contribution in [3.8, 4) is 16.9 Å². The molecular weight excluding hydrogens is 367 g/mol. The van der Waals surface area contributed by atoms with E-state index in [0.717, 1.165) is 11.6 Å². The summed E-state index contributed by atoms with van der Waals surface area (Å²) in [5.41, 5.74) is 7.83. The number of nitrogens with zero attached hydrogens (tertiary/aromatic N) is 2. The second kappa shape index (κ2) is 7.96. The largest absolute Gasteiger partial charge is 0.435 e. The minimum atomic E-state index is -4.50. The van der Waals surface area contributed by atoms with Crippen LogP contribution in [0.25, 0.3) is 16.9 Å². The van der Waals surface area contributed by atoms with Crippen LogP contribution < -0.4 is 5.73 Å². The van der Waals surface area contributed by atoms with Gasteiger partial charge in [0.25, 0.3) is 0 Å². The Labute approximate surface area is 150 Å². The molecular formula is C17H14F3N3O2S. The second-order valence-electron chi connectivity index (χ2n) is 5.35. The van der Waals surface area contributed by atoms with E-state index in [1.165, 1.54) is 4.68 Å². The van der Waals surface area contributed by atoms with Crippen molar-refractivity contribution in [2.75, 3.05) is 5.73 Å². The van der Waals surface area contributed by atoms with Crippen LogP contribution >= 0.6 is 0 Å². The van der Waals surface area contributed by atoms with Crippen molar-refractivity contribution >= 4 is 17.3 Å². The number of aryl methyl sites for hydroxylation is 1. The Kier molecular flexibility index (Phi) is 5.93. The molecule has 0 unspecified atom stereocenters.